The number of nitrogens with zero attached hydrogens (tertiary/aromatic N) is 5. The van der Waals surface area contributed by atoms with Crippen molar-refractivity contribution in [1.29, 1.82) is 0 Å². The number of anilines is 1. The van der Waals surface area contributed by atoms with Crippen LogP contribution in [0.15, 0.2) is 30.9 Å². The van der Waals surface area contributed by atoms with E-state index < -0.39 is 0 Å². The van der Waals surface area contributed by atoms with Gasteiger partial charge in [0.1, 0.15) is 17.3 Å². The Labute approximate surface area is 175 Å². The summed E-state index contributed by atoms with van der Waals surface area (Å²) in [5, 5.41) is 3.81. The number of amides is 1. The van der Waals surface area contributed by atoms with Crippen molar-refractivity contribution in [3.05, 3.63) is 41.7 Å². The highest BCUT2D eigenvalue weighted by molar-refractivity contribution is 8.01. The van der Waals surface area contributed by atoms with Crippen LogP contribution >= 0.6 is 23.3 Å². The zero-order valence-corrected chi connectivity index (χ0v) is 17.3. The Kier molecular flexibility index (Phi) is 6.15. The number of rotatable bonds is 9. The molecular weight excluding hydrogens is 410 g/mol. The Balaban J connectivity index is 1.35. The van der Waals surface area contributed by atoms with Gasteiger partial charge in [0.15, 0.2) is 5.01 Å². The summed E-state index contributed by atoms with van der Waals surface area (Å²) < 4.78 is 8.58. The molecule has 2 N–H and O–H groups in total. The number of carbonyl (C=O) groups excluding carboxylic acids is 1. The third-order valence-corrected chi connectivity index (χ3v) is 5.97. The van der Waals surface area contributed by atoms with E-state index >= 15 is 0 Å². The second-order valence-corrected chi connectivity index (χ2v) is 8.30. The first-order valence-corrected chi connectivity index (χ1v) is 10.8. The Morgan fingerprint density at radius 1 is 1.28 bits per heavy atom. The molecule has 150 valence electrons. The molecule has 9 nitrogen and oxygen atoms in total. The van der Waals surface area contributed by atoms with Crippen molar-refractivity contribution in [1.82, 2.24) is 30.2 Å². The lowest BCUT2D eigenvalue weighted by Gasteiger charge is -2.06. The van der Waals surface area contributed by atoms with Gasteiger partial charge in [-0.3, -0.25) is 9.78 Å². The fraction of sp³-hybridized carbons (Fsp3) is 0.333. The second kappa shape index (κ2) is 9.14. The molecule has 1 fully saturated rings. The molecule has 3 aromatic heterocycles. The van der Waals surface area contributed by atoms with Crippen molar-refractivity contribution < 1.29 is 9.53 Å². The average molecular weight is 430 g/mol. The van der Waals surface area contributed by atoms with Gasteiger partial charge in [0.2, 0.25) is 5.88 Å². The standard InChI is InChI=1S/C18H19N7O2S2/c1-2-27-16-10-19-7-12(23-16)13-8-22-18(28-13)17(26)21-9-15-20-6-5-14(24-15)25-29-11-3-4-11/h5-8,10-11H,2-4,9H2,1H3,(H,21,26)(H,20,24,25). The van der Waals surface area contributed by atoms with Gasteiger partial charge in [0.25, 0.3) is 5.91 Å². The molecule has 1 amide bonds. The molecule has 1 aliphatic carbocycles. The summed E-state index contributed by atoms with van der Waals surface area (Å²) in [6, 6.07) is 1.81. The molecule has 3 aromatic rings. The molecule has 3 heterocycles. The zero-order chi connectivity index (χ0) is 20.1. The van der Waals surface area contributed by atoms with Gasteiger partial charge in [-0.2, -0.15) is 0 Å². The van der Waals surface area contributed by atoms with Gasteiger partial charge in [-0.05, 0) is 37.8 Å². The normalized spacial score (nSPS) is 13.1. The third-order valence-electron chi connectivity index (χ3n) is 3.82. The molecule has 0 saturated heterocycles. The summed E-state index contributed by atoms with van der Waals surface area (Å²) >= 11 is 2.91. The molecule has 0 aromatic carbocycles. The van der Waals surface area contributed by atoms with E-state index in [-0.39, 0.29) is 12.5 Å². The lowest BCUT2D eigenvalue weighted by molar-refractivity contribution is 0.0949. The van der Waals surface area contributed by atoms with E-state index in [1.165, 1.54) is 24.2 Å². The minimum atomic E-state index is -0.288. The summed E-state index contributed by atoms with van der Waals surface area (Å²) in [7, 11) is 0. The summed E-state index contributed by atoms with van der Waals surface area (Å²) in [6.45, 7) is 2.61. The van der Waals surface area contributed by atoms with Crippen LogP contribution in [0.3, 0.4) is 0 Å². The number of hydrogen-bond donors (Lipinski definition) is 2. The number of thiazole rings is 1. The Morgan fingerprint density at radius 2 is 2.17 bits per heavy atom. The van der Waals surface area contributed by atoms with E-state index in [1.54, 1.807) is 36.7 Å². The summed E-state index contributed by atoms with van der Waals surface area (Å²) in [5.41, 5.74) is 0.614. The van der Waals surface area contributed by atoms with Gasteiger partial charge < -0.3 is 14.8 Å². The van der Waals surface area contributed by atoms with Crippen LogP contribution in [-0.2, 0) is 6.54 Å². The average Bonchev–Trinajstić information content (AvgIpc) is 3.45. The first-order valence-electron chi connectivity index (χ1n) is 9.14. The largest absolute Gasteiger partial charge is 0.477 e. The van der Waals surface area contributed by atoms with Crippen LogP contribution in [0.4, 0.5) is 5.82 Å². The van der Waals surface area contributed by atoms with E-state index in [0.717, 1.165) is 10.7 Å². The van der Waals surface area contributed by atoms with E-state index in [1.807, 2.05) is 13.0 Å². The molecular formula is C18H19N7O2S2. The molecule has 0 unspecified atom stereocenters. The topological polar surface area (TPSA) is 115 Å². The highest BCUT2D eigenvalue weighted by Gasteiger charge is 2.22. The van der Waals surface area contributed by atoms with Gasteiger partial charge in [-0.25, -0.2) is 19.9 Å². The fourth-order valence-corrected chi connectivity index (χ4v) is 3.85. The molecule has 0 spiro atoms. The highest BCUT2D eigenvalue weighted by Crippen LogP contribution is 2.33. The third kappa shape index (κ3) is 5.39. The molecule has 1 saturated carbocycles. The van der Waals surface area contributed by atoms with Crippen LogP contribution in [0.5, 0.6) is 5.88 Å². The van der Waals surface area contributed by atoms with Crippen molar-refractivity contribution in [3.8, 4) is 16.5 Å². The molecule has 11 heteroatoms. The molecule has 0 atom stereocenters. The quantitative estimate of drug-likeness (QED) is 0.495. The monoisotopic (exact) mass is 429 g/mol. The number of nitrogens with one attached hydrogen (secondary N) is 2. The van der Waals surface area contributed by atoms with Crippen molar-refractivity contribution >= 4 is 35.0 Å². The van der Waals surface area contributed by atoms with Gasteiger partial charge >= 0.3 is 0 Å². The van der Waals surface area contributed by atoms with Crippen molar-refractivity contribution in [2.75, 3.05) is 11.3 Å². The van der Waals surface area contributed by atoms with Crippen LogP contribution in [0.1, 0.15) is 35.4 Å². The maximum atomic E-state index is 12.4. The predicted molar refractivity (Wildman–Crippen MR) is 112 cm³/mol. The molecule has 0 bridgehead atoms. The van der Waals surface area contributed by atoms with E-state index in [2.05, 4.69) is 35.0 Å². The van der Waals surface area contributed by atoms with Crippen LogP contribution in [0.25, 0.3) is 10.6 Å². The SMILES string of the molecule is CCOc1cncc(-c2cnc(C(=O)NCc3nccc(NSC4CC4)n3)s2)n1. The first-order chi connectivity index (χ1) is 14.2. The van der Waals surface area contributed by atoms with Crippen LogP contribution in [0, 0.1) is 0 Å². The number of hydrogen-bond acceptors (Lipinski definition) is 10. The molecule has 29 heavy (non-hydrogen) atoms. The van der Waals surface area contributed by atoms with Gasteiger partial charge in [-0.1, -0.05) is 0 Å². The molecule has 0 radical (unpaired) electrons. The minimum Gasteiger partial charge on any atom is -0.477 e. The van der Waals surface area contributed by atoms with E-state index in [4.69, 9.17) is 4.74 Å². The minimum absolute atomic E-state index is 0.219. The summed E-state index contributed by atoms with van der Waals surface area (Å²) in [6.07, 6.45) is 8.93. The number of carbonyl (C=O) groups is 1. The summed E-state index contributed by atoms with van der Waals surface area (Å²) in [4.78, 5) is 34.5. The smallest absolute Gasteiger partial charge is 0.280 e. The Hall–Kier alpha value is -2.79. The maximum Gasteiger partial charge on any atom is 0.280 e. The number of aromatic nitrogens is 5. The highest BCUT2D eigenvalue weighted by atomic mass is 32.2. The van der Waals surface area contributed by atoms with Crippen LogP contribution in [0.2, 0.25) is 0 Å². The van der Waals surface area contributed by atoms with Crippen molar-refractivity contribution in [3.63, 3.8) is 0 Å². The van der Waals surface area contributed by atoms with Crippen LogP contribution in [-0.4, -0.2) is 42.7 Å². The lowest BCUT2D eigenvalue weighted by atomic mass is 10.4. The summed E-state index contributed by atoms with van der Waals surface area (Å²) in [5.74, 6) is 1.43. The molecule has 1 aliphatic rings. The predicted octanol–water partition coefficient (Wildman–Crippen LogP) is 2.94. The second-order valence-electron chi connectivity index (χ2n) is 6.17. The lowest BCUT2D eigenvalue weighted by Crippen LogP contribution is -2.23. The van der Waals surface area contributed by atoms with Crippen molar-refractivity contribution in [2.24, 2.45) is 0 Å². The fourth-order valence-electron chi connectivity index (χ4n) is 2.29. The van der Waals surface area contributed by atoms with E-state index in [9.17, 15) is 4.79 Å². The van der Waals surface area contributed by atoms with Gasteiger partial charge in [0.05, 0.1) is 30.4 Å². The van der Waals surface area contributed by atoms with Crippen molar-refractivity contribution in [2.45, 2.75) is 31.6 Å². The first kappa shape index (κ1) is 19.5. The van der Waals surface area contributed by atoms with Crippen LogP contribution < -0.4 is 14.8 Å². The Morgan fingerprint density at radius 3 is 3.00 bits per heavy atom. The molecule has 4 rings (SSSR count). The van der Waals surface area contributed by atoms with E-state index in [0.29, 0.717) is 34.3 Å². The molecule has 0 aliphatic heterocycles. The van der Waals surface area contributed by atoms with Gasteiger partial charge in [-0.15, -0.1) is 11.3 Å². The zero-order valence-electron chi connectivity index (χ0n) is 15.7. The Bertz CT molecular complexity index is 994. The maximum absolute atomic E-state index is 12.4. The van der Waals surface area contributed by atoms with Gasteiger partial charge in [0, 0.05) is 17.6 Å². The number of ether oxygens (including phenoxy) is 1.